The zero-order chi connectivity index (χ0) is 15.6. The normalized spacial score (nSPS) is 20.0. The summed E-state index contributed by atoms with van der Waals surface area (Å²) in [6.07, 6.45) is 0.694. The molecule has 1 saturated heterocycles. The molecule has 21 heavy (non-hydrogen) atoms. The van der Waals surface area contributed by atoms with E-state index < -0.39 is 29.2 Å². The molecule has 0 radical (unpaired) electrons. The Kier molecular flexibility index (Phi) is 4.58. The van der Waals surface area contributed by atoms with Gasteiger partial charge in [0.25, 0.3) is 5.91 Å². The fourth-order valence-corrected chi connectivity index (χ4v) is 2.45. The van der Waals surface area contributed by atoms with Crippen LogP contribution in [0.15, 0.2) is 18.2 Å². The van der Waals surface area contributed by atoms with Crippen molar-refractivity contribution in [1.82, 2.24) is 10.2 Å². The monoisotopic (exact) mass is 298 g/mol. The Morgan fingerprint density at radius 3 is 2.33 bits per heavy atom. The molecule has 2 rings (SSSR count). The smallest absolute Gasteiger partial charge is 0.252 e. The molecule has 6 heteroatoms. The Labute approximate surface area is 122 Å². The molecule has 2 N–H and O–H groups in total. The predicted molar refractivity (Wildman–Crippen MR) is 74.6 cm³/mol. The Bertz CT molecular complexity index is 508. The van der Waals surface area contributed by atoms with E-state index >= 15 is 0 Å². The zero-order valence-corrected chi connectivity index (χ0v) is 12.2. The van der Waals surface area contributed by atoms with E-state index in [1.807, 2.05) is 11.9 Å². The van der Waals surface area contributed by atoms with Gasteiger partial charge in [0.2, 0.25) is 0 Å². The van der Waals surface area contributed by atoms with E-state index in [4.69, 9.17) is 0 Å². The third kappa shape index (κ3) is 3.77. The Balaban J connectivity index is 2.05. The van der Waals surface area contributed by atoms with Crippen LogP contribution in [0.25, 0.3) is 0 Å². The lowest BCUT2D eigenvalue weighted by molar-refractivity contribution is -0.145. The van der Waals surface area contributed by atoms with E-state index in [9.17, 15) is 18.7 Å². The van der Waals surface area contributed by atoms with Gasteiger partial charge in [-0.15, -0.1) is 0 Å². The van der Waals surface area contributed by atoms with E-state index in [1.54, 1.807) is 6.92 Å². The molecule has 1 atom stereocenters. The highest BCUT2D eigenvalue weighted by Gasteiger charge is 2.39. The number of nitrogens with zero attached hydrogens (tertiary/aromatic N) is 1. The maximum atomic E-state index is 13.2. The lowest BCUT2D eigenvalue weighted by atomic mass is 9.90. The number of halogens is 2. The third-order valence-electron chi connectivity index (χ3n) is 3.97. The van der Waals surface area contributed by atoms with Crippen molar-refractivity contribution in [2.75, 3.05) is 20.1 Å². The summed E-state index contributed by atoms with van der Waals surface area (Å²) in [6, 6.07) is 2.55. The first-order valence-electron chi connectivity index (χ1n) is 6.98. The van der Waals surface area contributed by atoms with E-state index in [0.29, 0.717) is 31.5 Å². The number of aliphatic hydroxyl groups is 1. The number of hydrogen-bond donors (Lipinski definition) is 2. The first-order chi connectivity index (χ1) is 9.80. The summed E-state index contributed by atoms with van der Waals surface area (Å²) in [7, 11) is 1.93. The Hall–Kier alpha value is -1.53. The van der Waals surface area contributed by atoms with Gasteiger partial charge >= 0.3 is 0 Å². The second kappa shape index (κ2) is 6.07. The van der Waals surface area contributed by atoms with E-state index in [2.05, 4.69) is 5.32 Å². The molecule has 0 unspecified atom stereocenters. The number of hydrogen-bond acceptors (Lipinski definition) is 3. The maximum Gasteiger partial charge on any atom is 0.252 e. The van der Waals surface area contributed by atoms with Gasteiger partial charge in [-0.2, -0.15) is 0 Å². The molecule has 4 nitrogen and oxygen atoms in total. The number of carbonyl (C=O) groups excluding carboxylic acids is 1. The van der Waals surface area contributed by atoms with Crippen LogP contribution in [0, 0.1) is 11.6 Å². The highest BCUT2D eigenvalue weighted by molar-refractivity contribution is 5.85. The molecule has 1 aliphatic rings. The van der Waals surface area contributed by atoms with Gasteiger partial charge in [0.1, 0.15) is 17.2 Å². The molecule has 1 aromatic rings. The van der Waals surface area contributed by atoms with Gasteiger partial charge in [0.15, 0.2) is 0 Å². The van der Waals surface area contributed by atoms with Crippen LogP contribution in [-0.4, -0.2) is 41.7 Å². The zero-order valence-electron chi connectivity index (χ0n) is 12.2. The van der Waals surface area contributed by atoms with Crippen LogP contribution in [0.1, 0.15) is 31.4 Å². The molecule has 1 heterocycles. The molecule has 0 aliphatic carbocycles. The third-order valence-corrected chi connectivity index (χ3v) is 3.97. The summed E-state index contributed by atoms with van der Waals surface area (Å²) in [4.78, 5) is 14.2. The summed E-state index contributed by atoms with van der Waals surface area (Å²) in [5, 5.41) is 13.0. The highest BCUT2D eigenvalue weighted by Crippen LogP contribution is 2.23. The highest BCUT2D eigenvalue weighted by atomic mass is 19.1. The van der Waals surface area contributed by atoms with E-state index in [-0.39, 0.29) is 0 Å². The Morgan fingerprint density at radius 2 is 1.81 bits per heavy atom. The molecule has 1 aromatic carbocycles. The van der Waals surface area contributed by atoms with E-state index in [1.165, 1.54) is 12.1 Å². The van der Waals surface area contributed by atoms with Crippen LogP contribution in [0.3, 0.4) is 0 Å². The van der Waals surface area contributed by atoms with Gasteiger partial charge in [0, 0.05) is 19.2 Å². The summed E-state index contributed by atoms with van der Waals surface area (Å²) in [6.45, 7) is 2.89. The van der Waals surface area contributed by atoms with E-state index in [0.717, 1.165) is 6.07 Å². The number of amides is 1. The van der Waals surface area contributed by atoms with Gasteiger partial charge in [0.05, 0.1) is 6.04 Å². The van der Waals surface area contributed by atoms with Crippen molar-refractivity contribution in [3.05, 3.63) is 35.4 Å². The minimum Gasteiger partial charge on any atom is -0.380 e. The summed E-state index contributed by atoms with van der Waals surface area (Å²) in [5.74, 6) is -1.87. The molecule has 0 spiro atoms. The standard InChI is InChI=1S/C15H20F2N2O2/c1-10(11-7-12(16)9-13(17)8-11)18-14(20)15(21)3-5-19(2)6-4-15/h7-10,21H,3-6H2,1-2H3,(H,18,20)/t10-/m1/s1. The van der Waals surface area contributed by atoms with Crippen molar-refractivity contribution in [1.29, 1.82) is 0 Å². The lowest BCUT2D eigenvalue weighted by Crippen LogP contribution is -2.53. The summed E-state index contributed by atoms with van der Waals surface area (Å²) >= 11 is 0. The van der Waals surface area contributed by atoms with Crippen LogP contribution < -0.4 is 5.32 Å². The topological polar surface area (TPSA) is 52.6 Å². The number of benzene rings is 1. The van der Waals surface area contributed by atoms with Crippen LogP contribution in [-0.2, 0) is 4.79 Å². The molecular formula is C15H20F2N2O2. The molecule has 116 valence electrons. The first-order valence-corrected chi connectivity index (χ1v) is 6.98. The summed E-state index contributed by atoms with van der Waals surface area (Å²) < 4.78 is 26.4. The average Bonchev–Trinajstić information content (AvgIpc) is 2.41. The molecule has 0 aromatic heterocycles. The van der Waals surface area contributed by atoms with Crippen molar-refractivity contribution >= 4 is 5.91 Å². The molecular weight excluding hydrogens is 278 g/mol. The van der Waals surface area contributed by atoms with Gasteiger partial charge in [-0.3, -0.25) is 4.79 Å². The average molecular weight is 298 g/mol. The quantitative estimate of drug-likeness (QED) is 0.891. The van der Waals surface area contributed by atoms with Gasteiger partial charge in [-0.1, -0.05) is 0 Å². The SMILES string of the molecule is C[C@@H](NC(=O)C1(O)CCN(C)CC1)c1cc(F)cc(F)c1. The predicted octanol–water partition coefficient (Wildman–Crippen LogP) is 1.60. The number of carbonyl (C=O) groups is 1. The van der Waals surface area contributed by atoms with Crippen molar-refractivity contribution < 1.29 is 18.7 Å². The molecule has 0 saturated carbocycles. The number of piperidine rings is 1. The van der Waals surface area contributed by atoms with Crippen molar-refractivity contribution in [3.63, 3.8) is 0 Å². The largest absolute Gasteiger partial charge is 0.380 e. The number of rotatable bonds is 3. The number of likely N-dealkylation sites (tertiary alicyclic amines) is 1. The fourth-order valence-electron chi connectivity index (χ4n) is 2.45. The van der Waals surface area contributed by atoms with Crippen molar-refractivity contribution in [3.8, 4) is 0 Å². The van der Waals surface area contributed by atoms with Crippen LogP contribution in [0.4, 0.5) is 8.78 Å². The summed E-state index contributed by atoms with van der Waals surface area (Å²) in [5.41, 5.74) is -1.08. The fraction of sp³-hybridized carbons (Fsp3) is 0.533. The van der Waals surface area contributed by atoms with Gasteiger partial charge < -0.3 is 15.3 Å². The Morgan fingerprint density at radius 1 is 1.29 bits per heavy atom. The molecule has 0 bridgehead atoms. The lowest BCUT2D eigenvalue weighted by Gasteiger charge is -2.36. The molecule has 1 amide bonds. The second-order valence-electron chi connectivity index (χ2n) is 5.73. The first kappa shape index (κ1) is 15.9. The van der Waals surface area contributed by atoms with Crippen LogP contribution in [0.2, 0.25) is 0 Å². The second-order valence-corrected chi connectivity index (χ2v) is 5.73. The van der Waals surface area contributed by atoms with Gasteiger partial charge in [-0.25, -0.2) is 8.78 Å². The van der Waals surface area contributed by atoms with Crippen molar-refractivity contribution in [2.24, 2.45) is 0 Å². The maximum absolute atomic E-state index is 13.2. The minimum absolute atomic E-state index is 0.331. The molecule has 1 aliphatic heterocycles. The number of nitrogens with one attached hydrogen (secondary N) is 1. The van der Waals surface area contributed by atoms with Crippen LogP contribution >= 0.6 is 0 Å². The van der Waals surface area contributed by atoms with Crippen LogP contribution in [0.5, 0.6) is 0 Å². The van der Waals surface area contributed by atoms with Crippen molar-refractivity contribution in [2.45, 2.75) is 31.4 Å². The minimum atomic E-state index is -1.41. The van der Waals surface area contributed by atoms with Gasteiger partial charge in [-0.05, 0) is 44.5 Å². The molecule has 1 fully saturated rings.